The van der Waals surface area contributed by atoms with E-state index in [2.05, 4.69) is 45.5 Å². The topological polar surface area (TPSA) is 30.5 Å². The molecule has 4 heteroatoms. The van der Waals surface area contributed by atoms with Crippen LogP contribution in [-0.2, 0) is 17.9 Å². The highest BCUT2D eigenvalue weighted by atomic mass is 79.9. The maximum absolute atomic E-state index is 5.78. The zero-order valence-electron chi connectivity index (χ0n) is 12.1. The second kappa shape index (κ2) is 8.82. The van der Waals surface area contributed by atoms with Crippen LogP contribution < -0.4 is 10.1 Å². The highest BCUT2D eigenvalue weighted by Crippen LogP contribution is 2.16. The van der Waals surface area contributed by atoms with Crippen LogP contribution >= 0.6 is 15.9 Å². The Morgan fingerprint density at radius 3 is 2.57 bits per heavy atom. The smallest absolute Gasteiger partial charge is 0.119 e. The molecule has 0 aliphatic rings. The van der Waals surface area contributed by atoms with Gasteiger partial charge < -0.3 is 14.8 Å². The molecule has 0 aliphatic heterocycles. The van der Waals surface area contributed by atoms with E-state index in [0.29, 0.717) is 6.61 Å². The molecule has 1 N–H and O–H groups in total. The third kappa shape index (κ3) is 5.87. The first kappa shape index (κ1) is 16.0. The van der Waals surface area contributed by atoms with Crippen molar-refractivity contribution in [3.05, 3.63) is 64.1 Å². The Kier molecular flexibility index (Phi) is 6.73. The lowest BCUT2D eigenvalue weighted by Gasteiger charge is -2.08. The molecule has 0 aliphatic carbocycles. The zero-order chi connectivity index (χ0) is 14.9. The highest BCUT2D eigenvalue weighted by Gasteiger charge is 1.98. The van der Waals surface area contributed by atoms with Gasteiger partial charge in [0.05, 0.1) is 6.61 Å². The summed E-state index contributed by atoms with van der Waals surface area (Å²) in [6, 6.07) is 16.3. The van der Waals surface area contributed by atoms with Crippen LogP contribution in [0, 0.1) is 0 Å². The molecule has 2 aromatic carbocycles. The molecule has 0 saturated carbocycles. The zero-order valence-corrected chi connectivity index (χ0v) is 13.7. The summed E-state index contributed by atoms with van der Waals surface area (Å²) in [5, 5.41) is 3.32. The van der Waals surface area contributed by atoms with Crippen LogP contribution in [-0.4, -0.2) is 20.3 Å². The fourth-order valence-electron chi connectivity index (χ4n) is 1.90. The summed E-state index contributed by atoms with van der Waals surface area (Å²) in [7, 11) is 1.71. The normalized spacial score (nSPS) is 10.6. The average Bonchev–Trinajstić information content (AvgIpc) is 2.51. The standard InChI is InChI=1S/C17H20BrNO2/c1-20-10-9-19-12-14-5-7-17(8-6-14)21-13-15-3-2-4-16(18)11-15/h2-8,11,19H,9-10,12-13H2,1H3. The Morgan fingerprint density at radius 2 is 1.86 bits per heavy atom. The summed E-state index contributed by atoms with van der Waals surface area (Å²) in [5.74, 6) is 0.885. The summed E-state index contributed by atoms with van der Waals surface area (Å²) in [4.78, 5) is 0. The average molecular weight is 350 g/mol. The monoisotopic (exact) mass is 349 g/mol. The van der Waals surface area contributed by atoms with Crippen molar-refractivity contribution in [1.29, 1.82) is 0 Å². The molecule has 0 bridgehead atoms. The van der Waals surface area contributed by atoms with Crippen molar-refractivity contribution in [2.24, 2.45) is 0 Å². The molecule has 0 heterocycles. The molecule has 2 aromatic rings. The quantitative estimate of drug-likeness (QED) is 0.736. The number of halogens is 1. The predicted octanol–water partition coefficient (Wildman–Crippen LogP) is 3.76. The van der Waals surface area contributed by atoms with Crippen molar-refractivity contribution in [3.63, 3.8) is 0 Å². The van der Waals surface area contributed by atoms with Gasteiger partial charge in [-0.1, -0.05) is 40.2 Å². The van der Waals surface area contributed by atoms with Gasteiger partial charge in [0.1, 0.15) is 12.4 Å². The number of rotatable bonds is 8. The fraction of sp³-hybridized carbons (Fsp3) is 0.294. The minimum Gasteiger partial charge on any atom is -0.489 e. The first-order chi connectivity index (χ1) is 10.3. The minimum absolute atomic E-state index is 0.574. The summed E-state index contributed by atoms with van der Waals surface area (Å²) in [6.45, 7) is 3.01. The number of nitrogens with one attached hydrogen (secondary N) is 1. The first-order valence-electron chi connectivity index (χ1n) is 6.94. The van der Waals surface area contributed by atoms with Gasteiger partial charge in [-0.25, -0.2) is 0 Å². The van der Waals surface area contributed by atoms with E-state index in [0.717, 1.165) is 35.5 Å². The maximum atomic E-state index is 5.78. The molecule has 0 saturated heterocycles. The summed E-state index contributed by atoms with van der Waals surface area (Å²) in [6.07, 6.45) is 0. The third-order valence-corrected chi connectivity index (χ3v) is 3.52. The van der Waals surface area contributed by atoms with Crippen molar-refractivity contribution >= 4 is 15.9 Å². The van der Waals surface area contributed by atoms with Crippen molar-refractivity contribution < 1.29 is 9.47 Å². The van der Waals surface area contributed by atoms with Gasteiger partial charge in [-0.05, 0) is 35.4 Å². The summed E-state index contributed by atoms with van der Waals surface area (Å²) in [5.41, 5.74) is 2.38. The van der Waals surface area contributed by atoms with Crippen molar-refractivity contribution in [3.8, 4) is 5.75 Å². The van der Waals surface area contributed by atoms with Crippen LogP contribution in [0.4, 0.5) is 0 Å². The van der Waals surface area contributed by atoms with Crippen LogP contribution in [0.5, 0.6) is 5.75 Å². The maximum Gasteiger partial charge on any atom is 0.119 e. The van der Waals surface area contributed by atoms with E-state index in [4.69, 9.17) is 9.47 Å². The van der Waals surface area contributed by atoms with E-state index in [9.17, 15) is 0 Å². The van der Waals surface area contributed by atoms with Crippen molar-refractivity contribution in [2.75, 3.05) is 20.3 Å². The van der Waals surface area contributed by atoms with E-state index < -0.39 is 0 Å². The number of hydrogen-bond acceptors (Lipinski definition) is 3. The van der Waals surface area contributed by atoms with Gasteiger partial charge in [0, 0.05) is 24.7 Å². The third-order valence-electron chi connectivity index (χ3n) is 3.03. The van der Waals surface area contributed by atoms with Crippen LogP contribution in [0.1, 0.15) is 11.1 Å². The molecule has 112 valence electrons. The van der Waals surface area contributed by atoms with E-state index >= 15 is 0 Å². The van der Waals surface area contributed by atoms with E-state index in [1.54, 1.807) is 7.11 Å². The lowest BCUT2D eigenvalue weighted by molar-refractivity contribution is 0.199. The Bertz CT molecular complexity index is 543. The summed E-state index contributed by atoms with van der Waals surface area (Å²) < 4.78 is 11.8. The van der Waals surface area contributed by atoms with Crippen LogP contribution in [0.15, 0.2) is 53.0 Å². The molecular formula is C17H20BrNO2. The van der Waals surface area contributed by atoms with Crippen molar-refractivity contribution in [1.82, 2.24) is 5.32 Å². The number of methoxy groups -OCH3 is 1. The van der Waals surface area contributed by atoms with Gasteiger partial charge in [0.15, 0.2) is 0 Å². The molecule has 0 atom stereocenters. The molecule has 0 aromatic heterocycles. The second-order valence-corrected chi connectivity index (χ2v) is 5.65. The van der Waals surface area contributed by atoms with E-state index in [1.807, 2.05) is 24.3 Å². The molecule has 2 rings (SSSR count). The van der Waals surface area contributed by atoms with Gasteiger partial charge >= 0.3 is 0 Å². The van der Waals surface area contributed by atoms with E-state index in [-0.39, 0.29) is 0 Å². The molecule has 0 radical (unpaired) electrons. The van der Waals surface area contributed by atoms with Gasteiger partial charge in [0.25, 0.3) is 0 Å². The Morgan fingerprint density at radius 1 is 1.05 bits per heavy atom. The molecule has 3 nitrogen and oxygen atoms in total. The number of ether oxygens (including phenoxy) is 2. The molecule has 0 fully saturated rings. The van der Waals surface area contributed by atoms with Gasteiger partial charge in [-0.15, -0.1) is 0 Å². The molecule has 0 spiro atoms. The molecule has 0 unspecified atom stereocenters. The largest absolute Gasteiger partial charge is 0.489 e. The summed E-state index contributed by atoms with van der Waals surface area (Å²) >= 11 is 3.46. The first-order valence-corrected chi connectivity index (χ1v) is 7.73. The van der Waals surface area contributed by atoms with Crippen LogP contribution in [0.2, 0.25) is 0 Å². The molecule has 0 amide bonds. The molecular weight excluding hydrogens is 330 g/mol. The Labute approximate surface area is 134 Å². The van der Waals surface area contributed by atoms with Crippen LogP contribution in [0.25, 0.3) is 0 Å². The van der Waals surface area contributed by atoms with E-state index in [1.165, 1.54) is 5.56 Å². The molecule has 21 heavy (non-hydrogen) atoms. The Hall–Kier alpha value is -1.36. The van der Waals surface area contributed by atoms with Gasteiger partial charge in [-0.3, -0.25) is 0 Å². The van der Waals surface area contributed by atoms with Crippen LogP contribution in [0.3, 0.4) is 0 Å². The number of hydrogen-bond donors (Lipinski definition) is 1. The fourth-order valence-corrected chi connectivity index (χ4v) is 2.35. The number of benzene rings is 2. The van der Waals surface area contributed by atoms with Gasteiger partial charge in [0.2, 0.25) is 0 Å². The Balaban J connectivity index is 1.79. The minimum atomic E-state index is 0.574. The van der Waals surface area contributed by atoms with Gasteiger partial charge in [-0.2, -0.15) is 0 Å². The SMILES string of the molecule is COCCNCc1ccc(OCc2cccc(Br)c2)cc1. The highest BCUT2D eigenvalue weighted by molar-refractivity contribution is 9.10. The predicted molar refractivity (Wildman–Crippen MR) is 88.5 cm³/mol. The lowest BCUT2D eigenvalue weighted by atomic mass is 10.2. The lowest BCUT2D eigenvalue weighted by Crippen LogP contribution is -2.18. The second-order valence-electron chi connectivity index (χ2n) is 4.73. The van der Waals surface area contributed by atoms with Crippen molar-refractivity contribution in [2.45, 2.75) is 13.2 Å².